The molecule has 0 bridgehead atoms. The molecule has 1 atom stereocenters. The Balaban J connectivity index is 2.44. The molecule has 5 heteroatoms. The Kier molecular flexibility index (Phi) is 4.41. The zero-order valence-corrected chi connectivity index (χ0v) is 13.1. The Labute approximate surface area is 117 Å². The van der Waals surface area contributed by atoms with E-state index in [0.717, 1.165) is 15.0 Å². The van der Waals surface area contributed by atoms with Gasteiger partial charge in [-0.25, -0.2) is 0 Å². The van der Waals surface area contributed by atoms with Gasteiger partial charge in [-0.1, -0.05) is 0 Å². The minimum absolute atomic E-state index is 0.0930. The third-order valence-electron chi connectivity index (χ3n) is 2.60. The Morgan fingerprint density at radius 1 is 1.50 bits per heavy atom. The second-order valence-corrected chi connectivity index (χ2v) is 9.81. The molecule has 0 spiro atoms. The van der Waals surface area contributed by atoms with Crippen LogP contribution in [0.5, 0.6) is 0 Å². The van der Waals surface area contributed by atoms with Crippen LogP contribution in [0.1, 0.15) is 23.7 Å². The maximum atomic E-state index is 11.2. The van der Waals surface area contributed by atoms with Crippen LogP contribution in [0.2, 0.25) is 4.82 Å². The van der Waals surface area contributed by atoms with Crippen molar-refractivity contribution in [2.45, 2.75) is 18.2 Å². The number of fused-ring (bicyclic) bond motifs is 1. The number of rotatable bonds is 5. The quantitative estimate of drug-likeness (QED) is 0.547. The number of carboxylic acid groups (broad SMARTS) is 1. The fourth-order valence-corrected chi connectivity index (χ4v) is 8.12. The van der Waals surface area contributed by atoms with Crippen LogP contribution in [-0.2, 0) is 4.79 Å². The molecule has 0 aliphatic rings. The first-order chi connectivity index (χ1) is 8.67. The summed E-state index contributed by atoms with van der Waals surface area (Å²) in [5.41, 5.74) is 0.713. The normalized spacial score (nSPS) is 12.5. The Hall–Kier alpha value is -0.861. The zero-order chi connectivity index (χ0) is 13.1. The molecule has 1 aromatic carbocycles. The van der Waals surface area contributed by atoms with E-state index in [1.807, 2.05) is 31.2 Å². The first kappa shape index (κ1) is 13.6. The van der Waals surface area contributed by atoms with Gasteiger partial charge in [-0.15, -0.1) is 0 Å². The van der Waals surface area contributed by atoms with Gasteiger partial charge in [-0.05, 0) is 0 Å². The molecule has 18 heavy (non-hydrogen) atoms. The number of benzene rings is 1. The molecule has 0 N–H and O–H groups in total. The third kappa shape index (κ3) is 2.60. The van der Waals surface area contributed by atoms with E-state index in [9.17, 15) is 14.7 Å². The summed E-state index contributed by atoms with van der Waals surface area (Å²) in [4.78, 5) is 21.8. The summed E-state index contributed by atoms with van der Waals surface area (Å²) in [5.74, 6) is -0.998. The van der Waals surface area contributed by atoms with Crippen molar-refractivity contribution in [3.05, 3.63) is 29.8 Å². The number of hydrogen-bond donors (Lipinski definition) is 0. The second-order valence-electron chi connectivity index (χ2n) is 3.75. The Morgan fingerprint density at radius 3 is 2.83 bits per heavy atom. The maximum absolute atomic E-state index is 11.2. The van der Waals surface area contributed by atoms with Crippen molar-refractivity contribution in [2.75, 3.05) is 0 Å². The molecule has 94 valence electrons. The van der Waals surface area contributed by atoms with Gasteiger partial charge in [0.1, 0.15) is 0 Å². The van der Waals surface area contributed by atoms with Crippen molar-refractivity contribution in [3.63, 3.8) is 0 Å². The first-order valence-electron chi connectivity index (χ1n) is 5.51. The summed E-state index contributed by atoms with van der Waals surface area (Å²) in [6.45, 7) is 1.85. The zero-order valence-electron chi connectivity index (χ0n) is 9.71. The van der Waals surface area contributed by atoms with Crippen LogP contribution in [0.15, 0.2) is 24.3 Å². The van der Waals surface area contributed by atoms with Crippen LogP contribution in [0.3, 0.4) is 0 Å². The fraction of sp³-hybridized carbons (Fsp3) is 0.231. The summed E-state index contributed by atoms with van der Waals surface area (Å²) >= 11 is -0.0987. The molecule has 3 nitrogen and oxygen atoms in total. The molecule has 1 unspecified atom stereocenters. The van der Waals surface area contributed by atoms with Crippen molar-refractivity contribution in [1.82, 2.24) is 0 Å². The monoisotopic (exact) mass is 375 g/mol. The van der Waals surface area contributed by atoms with E-state index >= 15 is 0 Å². The van der Waals surface area contributed by atoms with Crippen LogP contribution in [0.25, 0.3) is 9.65 Å². The van der Waals surface area contributed by atoms with Gasteiger partial charge in [-0.2, -0.15) is 0 Å². The molecular formula is C13H11O3Se2-. The van der Waals surface area contributed by atoms with Crippen molar-refractivity contribution in [2.24, 2.45) is 0 Å². The summed E-state index contributed by atoms with van der Waals surface area (Å²) in [7, 11) is 0. The van der Waals surface area contributed by atoms with Crippen molar-refractivity contribution < 1.29 is 14.7 Å². The molecule has 0 fully saturated rings. The molecule has 0 aliphatic heterocycles. The minimum atomic E-state index is -0.998. The van der Waals surface area contributed by atoms with Gasteiger partial charge in [0.15, 0.2) is 0 Å². The van der Waals surface area contributed by atoms with Gasteiger partial charge in [0.25, 0.3) is 0 Å². The van der Waals surface area contributed by atoms with Gasteiger partial charge in [0.2, 0.25) is 0 Å². The van der Waals surface area contributed by atoms with E-state index in [1.165, 1.54) is 4.26 Å². The van der Waals surface area contributed by atoms with Crippen molar-refractivity contribution in [3.8, 4) is 0 Å². The number of carbonyl (C=O) groups excluding carboxylic acids is 2. The second kappa shape index (κ2) is 5.85. The molecule has 2 aromatic rings. The van der Waals surface area contributed by atoms with Crippen molar-refractivity contribution in [1.29, 1.82) is 0 Å². The van der Waals surface area contributed by atoms with E-state index in [1.54, 1.807) is 0 Å². The Bertz CT molecular complexity index is 589. The van der Waals surface area contributed by atoms with Crippen LogP contribution >= 0.6 is 0 Å². The van der Waals surface area contributed by atoms with Crippen LogP contribution in [0.4, 0.5) is 0 Å². The van der Waals surface area contributed by atoms with E-state index in [0.29, 0.717) is 12.0 Å². The van der Waals surface area contributed by atoms with E-state index in [4.69, 9.17) is 0 Å². The predicted octanol–water partition coefficient (Wildman–Crippen LogP) is -0.0128. The fourth-order valence-electron chi connectivity index (χ4n) is 1.67. The Morgan fingerprint density at radius 2 is 2.22 bits per heavy atom. The van der Waals surface area contributed by atoms with E-state index in [-0.39, 0.29) is 29.5 Å². The first-order valence-corrected chi connectivity index (χ1v) is 9.07. The number of aldehydes is 1. The van der Waals surface area contributed by atoms with Gasteiger partial charge in [-0.3, -0.25) is 0 Å². The predicted molar refractivity (Wildman–Crippen MR) is 70.7 cm³/mol. The number of hydrogen-bond acceptors (Lipinski definition) is 3. The molecule has 0 saturated carbocycles. The van der Waals surface area contributed by atoms with Crippen LogP contribution in [0, 0.1) is 0 Å². The summed E-state index contributed by atoms with van der Waals surface area (Å²) in [5, 5.41) is 12.0. The molecular weight excluding hydrogens is 362 g/mol. The average Bonchev–Trinajstić information content (AvgIpc) is 2.72. The van der Waals surface area contributed by atoms with Gasteiger partial charge >= 0.3 is 117 Å². The average molecular weight is 373 g/mol. The van der Waals surface area contributed by atoms with Gasteiger partial charge in [0.05, 0.1) is 0 Å². The van der Waals surface area contributed by atoms with Crippen LogP contribution < -0.4 is 8.44 Å². The number of aliphatic carboxylic acids is 1. The number of carboxylic acids is 1. The number of carbonyl (C=O) groups is 2. The summed E-state index contributed by atoms with van der Waals surface area (Å²) in [6, 6.07) is 7.81. The molecule has 0 saturated heterocycles. The van der Waals surface area contributed by atoms with Gasteiger partial charge < -0.3 is 0 Å². The molecule has 0 radical (unpaired) electrons. The molecule has 2 rings (SSSR count). The topological polar surface area (TPSA) is 57.2 Å². The van der Waals surface area contributed by atoms with E-state index in [2.05, 4.69) is 0 Å². The molecule has 0 aliphatic carbocycles. The standard InChI is InChI=1S/C13H12O3Se2/c1-2-10(12(15)16)17-13-9(7-14)8-5-3-4-6-11(8)18-13/h3-7,10H,2H2,1H3,(H,15,16)/p-1. The third-order valence-corrected chi connectivity index (χ3v) is 9.23. The van der Waals surface area contributed by atoms with Gasteiger partial charge in [0, 0.05) is 0 Å². The summed E-state index contributed by atoms with van der Waals surface area (Å²) in [6.07, 6.45) is 1.43. The summed E-state index contributed by atoms with van der Waals surface area (Å²) < 4.78 is 2.22. The van der Waals surface area contributed by atoms with Crippen molar-refractivity contribution >= 4 is 54.7 Å². The van der Waals surface area contributed by atoms with Crippen LogP contribution in [-0.4, -0.2) is 41.7 Å². The molecule has 1 heterocycles. The molecule has 0 amide bonds. The SMILES string of the molecule is CCC([Se]c1[se]c2ccccc2c1C=O)C(=O)[O-]. The molecule has 1 aromatic heterocycles. The van der Waals surface area contributed by atoms with E-state index < -0.39 is 10.8 Å².